The Labute approximate surface area is 169 Å². The zero-order valence-electron chi connectivity index (χ0n) is 16.4. The molecule has 2 aromatic carbocycles. The van der Waals surface area contributed by atoms with Crippen molar-refractivity contribution in [3.8, 4) is 11.8 Å². The number of halogens is 1. The Morgan fingerprint density at radius 1 is 1.17 bits per heavy atom. The summed E-state index contributed by atoms with van der Waals surface area (Å²) in [6, 6.07) is 12.9. The Morgan fingerprint density at radius 3 is 2.38 bits per heavy atom. The highest BCUT2D eigenvalue weighted by Crippen LogP contribution is 2.26. The summed E-state index contributed by atoms with van der Waals surface area (Å²) < 4.78 is 18.8. The molecule has 0 spiro atoms. The summed E-state index contributed by atoms with van der Waals surface area (Å²) in [6.07, 6.45) is 1.05. The third-order valence-electron chi connectivity index (χ3n) is 5.24. The number of methoxy groups -OCH3 is 1. The number of carbonyl (C=O) groups is 2. The third kappa shape index (κ3) is 4.37. The molecule has 0 saturated carbocycles. The lowest BCUT2D eigenvalue weighted by Gasteiger charge is -2.34. The average molecular weight is 395 g/mol. The monoisotopic (exact) mass is 395 g/mol. The predicted molar refractivity (Wildman–Crippen MR) is 107 cm³/mol. The van der Waals surface area contributed by atoms with E-state index in [-0.39, 0.29) is 23.5 Å². The number of nitrogens with zero attached hydrogens (tertiary/aromatic N) is 3. The van der Waals surface area contributed by atoms with Crippen molar-refractivity contribution in [3.63, 3.8) is 0 Å². The molecule has 2 aromatic rings. The lowest BCUT2D eigenvalue weighted by molar-refractivity contribution is 0.0857. The van der Waals surface area contributed by atoms with E-state index < -0.39 is 5.82 Å². The summed E-state index contributed by atoms with van der Waals surface area (Å²) in [5.74, 6) is -0.811. The van der Waals surface area contributed by atoms with Crippen LogP contribution in [0, 0.1) is 23.1 Å². The van der Waals surface area contributed by atoms with Crippen molar-refractivity contribution in [1.29, 1.82) is 5.26 Å². The molecule has 6 nitrogen and oxygen atoms in total. The third-order valence-corrected chi connectivity index (χ3v) is 5.24. The van der Waals surface area contributed by atoms with Gasteiger partial charge >= 0.3 is 6.03 Å². The van der Waals surface area contributed by atoms with Gasteiger partial charge in [0.15, 0.2) is 17.3 Å². The lowest BCUT2D eigenvalue weighted by Crippen LogP contribution is -2.46. The van der Waals surface area contributed by atoms with Crippen LogP contribution in [0.1, 0.15) is 28.8 Å². The highest BCUT2D eigenvalue weighted by atomic mass is 19.1. The number of hydrogen-bond donors (Lipinski definition) is 0. The molecule has 0 bridgehead atoms. The molecule has 29 heavy (non-hydrogen) atoms. The number of likely N-dealkylation sites (tertiary alicyclic amines) is 1. The second kappa shape index (κ2) is 8.74. The molecule has 2 amide bonds. The minimum Gasteiger partial charge on any atom is -0.494 e. The van der Waals surface area contributed by atoms with E-state index in [9.17, 15) is 14.0 Å². The number of ketones is 1. The van der Waals surface area contributed by atoms with Crippen molar-refractivity contribution >= 4 is 17.5 Å². The summed E-state index contributed by atoms with van der Waals surface area (Å²) in [4.78, 5) is 28.7. The van der Waals surface area contributed by atoms with Gasteiger partial charge in [-0.2, -0.15) is 5.26 Å². The SMILES string of the molecule is COc1ccc(C(=O)C2CCN(C(=O)N(C)c3ccc(C#N)cc3)CC2)cc1F. The van der Waals surface area contributed by atoms with Crippen molar-refractivity contribution < 1.29 is 18.7 Å². The number of anilines is 1. The van der Waals surface area contributed by atoms with Gasteiger partial charge in [-0.15, -0.1) is 0 Å². The minimum absolute atomic E-state index is 0.104. The summed E-state index contributed by atoms with van der Waals surface area (Å²) in [5, 5.41) is 8.88. The van der Waals surface area contributed by atoms with Crippen LogP contribution in [0.3, 0.4) is 0 Å². The number of benzene rings is 2. The molecule has 0 aromatic heterocycles. The van der Waals surface area contributed by atoms with Crippen LogP contribution in [0.2, 0.25) is 0 Å². The first kappa shape index (κ1) is 20.3. The van der Waals surface area contributed by atoms with Crippen molar-refractivity contribution in [2.75, 3.05) is 32.1 Å². The van der Waals surface area contributed by atoms with Crippen LogP contribution in [0.25, 0.3) is 0 Å². The van der Waals surface area contributed by atoms with Gasteiger partial charge in [-0.3, -0.25) is 9.69 Å². The molecule has 0 unspecified atom stereocenters. The van der Waals surface area contributed by atoms with Gasteiger partial charge in [0.1, 0.15) is 0 Å². The number of piperidine rings is 1. The standard InChI is InChI=1S/C22H22FN3O3/c1-25(18-6-3-15(14-24)4-7-18)22(28)26-11-9-16(10-12-26)21(27)17-5-8-20(29-2)19(23)13-17/h3-8,13,16H,9-12H2,1-2H3. The fourth-order valence-corrected chi connectivity index (χ4v) is 3.47. The first-order valence-electron chi connectivity index (χ1n) is 9.35. The highest BCUT2D eigenvalue weighted by molar-refractivity contribution is 5.98. The van der Waals surface area contributed by atoms with E-state index >= 15 is 0 Å². The number of hydrogen-bond acceptors (Lipinski definition) is 4. The molecule has 1 saturated heterocycles. The molecule has 0 atom stereocenters. The molecule has 0 N–H and O–H groups in total. The Bertz CT molecular complexity index is 945. The van der Waals surface area contributed by atoms with Crippen LogP contribution in [-0.4, -0.2) is 44.0 Å². The Kier molecular flexibility index (Phi) is 6.13. The molecule has 0 aliphatic carbocycles. The summed E-state index contributed by atoms with van der Waals surface area (Å²) in [6.45, 7) is 0.906. The number of urea groups is 1. The van der Waals surface area contributed by atoms with E-state index in [1.54, 1.807) is 42.3 Å². The maximum Gasteiger partial charge on any atom is 0.324 e. The minimum atomic E-state index is -0.560. The topological polar surface area (TPSA) is 73.6 Å². The maximum absolute atomic E-state index is 13.9. The first-order chi connectivity index (χ1) is 13.9. The van der Waals surface area contributed by atoms with Gasteiger partial charge in [0, 0.05) is 37.3 Å². The molecule has 7 heteroatoms. The van der Waals surface area contributed by atoms with Gasteiger partial charge in [-0.1, -0.05) is 0 Å². The zero-order chi connectivity index (χ0) is 21.0. The predicted octanol–water partition coefficient (Wildman–Crippen LogP) is 3.86. The molecule has 1 fully saturated rings. The van der Waals surface area contributed by atoms with E-state index in [0.29, 0.717) is 42.7 Å². The van der Waals surface area contributed by atoms with E-state index in [1.165, 1.54) is 24.1 Å². The van der Waals surface area contributed by atoms with Crippen LogP contribution in [-0.2, 0) is 0 Å². The van der Waals surface area contributed by atoms with Crippen LogP contribution in [0.15, 0.2) is 42.5 Å². The fraction of sp³-hybridized carbons (Fsp3) is 0.318. The van der Waals surface area contributed by atoms with Crippen LogP contribution in [0.4, 0.5) is 14.9 Å². The van der Waals surface area contributed by atoms with Crippen molar-refractivity contribution in [2.45, 2.75) is 12.8 Å². The number of Topliss-reactive ketones (excluding diaryl/α,β-unsaturated/α-hetero) is 1. The molecule has 3 rings (SSSR count). The molecular weight excluding hydrogens is 373 g/mol. The van der Waals surface area contributed by atoms with Crippen molar-refractivity contribution in [1.82, 2.24) is 4.90 Å². The van der Waals surface area contributed by atoms with Crippen molar-refractivity contribution in [3.05, 3.63) is 59.4 Å². The van der Waals surface area contributed by atoms with E-state index in [2.05, 4.69) is 0 Å². The number of rotatable bonds is 4. The summed E-state index contributed by atoms with van der Waals surface area (Å²) >= 11 is 0. The molecular formula is C22H22FN3O3. The number of nitriles is 1. The van der Waals surface area contributed by atoms with E-state index in [1.807, 2.05) is 6.07 Å². The van der Waals surface area contributed by atoms with Gasteiger partial charge in [0.05, 0.1) is 18.7 Å². The number of amides is 2. The lowest BCUT2D eigenvalue weighted by atomic mass is 9.89. The molecule has 150 valence electrons. The first-order valence-corrected chi connectivity index (χ1v) is 9.35. The Balaban J connectivity index is 1.60. The van der Waals surface area contributed by atoms with Crippen LogP contribution >= 0.6 is 0 Å². The normalized spacial score (nSPS) is 14.2. The zero-order valence-corrected chi connectivity index (χ0v) is 16.4. The summed E-state index contributed by atoms with van der Waals surface area (Å²) in [7, 11) is 3.06. The number of ether oxygens (including phenoxy) is 1. The summed E-state index contributed by atoms with van der Waals surface area (Å²) in [5.41, 5.74) is 1.55. The quantitative estimate of drug-likeness (QED) is 0.737. The molecule has 1 heterocycles. The molecule has 1 aliphatic rings. The van der Waals surface area contributed by atoms with Gasteiger partial charge in [0.25, 0.3) is 0 Å². The maximum atomic E-state index is 13.9. The smallest absolute Gasteiger partial charge is 0.324 e. The van der Waals surface area contributed by atoms with Crippen LogP contribution < -0.4 is 9.64 Å². The highest BCUT2D eigenvalue weighted by Gasteiger charge is 2.30. The van der Waals surface area contributed by atoms with Gasteiger partial charge < -0.3 is 9.64 Å². The number of carbonyl (C=O) groups excluding carboxylic acids is 2. The van der Waals surface area contributed by atoms with Gasteiger partial charge in [0.2, 0.25) is 0 Å². The molecule has 1 aliphatic heterocycles. The Morgan fingerprint density at radius 2 is 1.83 bits per heavy atom. The van der Waals surface area contributed by atoms with Gasteiger partial charge in [-0.05, 0) is 55.3 Å². The fourth-order valence-electron chi connectivity index (χ4n) is 3.47. The van der Waals surface area contributed by atoms with E-state index in [4.69, 9.17) is 10.00 Å². The second-order valence-corrected chi connectivity index (χ2v) is 6.98. The molecule has 0 radical (unpaired) electrons. The van der Waals surface area contributed by atoms with Crippen molar-refractivity contribution in [2.24, 2.45) is 5.92 Å². The van der Waals surface area contributed by atoms with Gasteiger partial charge in [-0.25, -0.2) is 9.18 Å². The largest absolute Gasteiger partial charge is 0.494 e. The van der Waals surface area contributed by atoms with E-state index in [0.717, 1.165) is 0 Å². The second-order valence-electron chi connectivity index (χ2n) is 6.98. The average Bonchev–Trinajstić information content (AvgIpc) is 2.77. The van der Waals surface area contributed by atoms with Crippen LogP contribution in [0.5, 0.6) is 5.75 Å². The Hall–Kier alpha value is -3.40.